The van der Waals surface area contributed by atoms with E-state index in [1.807, 2.05) is 5.32 Å². The summed E-state index contributed by atoms with van der Waals surface area (Å²) in [5.41, 5.74) is 0.0979. The maximum absolute atomic E-state index is 11.5. The minimum atomic E-state index is -1.75. The highest BCUT2D eigenvalue weighted by Gasteiger charge is 2.32. The molecular weight excluding hydrogens is 374 g/mol. The Labute approximate surface area is 149 Å². The van der Waals surface area contributed by atoms with Gasteiger partial charge in [0.15, 0.2) is 0 Å². The van der Waals surface area contributed by atoms with E-state index in [4.69, 9.17) is 14.6 Å². The molecule has 0 spiro atoms. The average molecular weight is 387 g/mol. The normalized spacial score (nSPS) is 15.5. The third kappa shape index (κ3) is 4.15. The van der Waals surface area contributed by atoms with Crippen molar-refractivity contribution >= 4 is 46.1 Å². The van der Waals surface area contributed by atoms with Crippen LogP contribution in [0.15, 0.2) is 0 Å². The lowest BCUT2D eigenvalue weighted by Crippen LogP contribution is -2.30. The monoisotopic (exact) mass is 387 g/mol. The zero-order valence-corrected chi connectivity index (χ0v) is 14.1. The number of carbonyl (C=O) groups is 5. The molecule has 0 saturated heterocycles. The standard InChI is InChI=1S/C14H13NO10S/c1-23-13(21)14(22)25-3-5-2-6-7(4-24-5)26-10(8(6)11(17)18)15-9(16)12(19)20/h5H,2-4H2,1H3,(H,15,16)(H,17,18)(H,19,20). The van der Waals surface area contributed by atoms with Gasteiger partial charge in [-0.1, -0.05) is 0 Å². The number of carbonyl (C=O) groups excluding carboxylic acids is 3. The number of carboxylic acid groups (broad SMARTS) is 2. The van der Waals surface area contributed by atoms with Gasteiger partial charge in [0.25, 0.3) is 0 Å². The number of methoxy groups -OCH3 is 1. The van der Waals surface area contributed by atoms with Crippen molar-refractivity contribution in [3.63, 3.8) is 0 Å². The van der Waals surface area contributed by atoms with Crippen LogP contribution in [0.5, 0.6) is 0 Å². The van der Waals surface area contributed by atoms with E-state index >= 15 is 0 Å². The van der Waals surface area contributed by atoms with Crippen LogP contribution in [0, 0.1) is 0 Å². The minimum Gasteiger partial charge on any atom is -0.478 e. The molecule has 1 aliphatic rings. The van der Waals surface area contributed by atoms with Crippen LogP contribution in [-0.4, -0.2) is 59.8 Å². The summed E-state index contributed by atoms with van der Waals surface area (Å²) in [5, 5.41) is 19.9. The smallest absolute Gasteiger partial charge is 0.417 e. The number of hydrogen-bond donors (Lipinski definition) is 3. The number of esters is 2. The van der Waals surface area contributed by atoms with Crippen LogP contribution in [0.1, 0.15) is 20.8 Å². The Morgan fingerprint density at radius 3 is 2.50 bits per heavy atom. The van der Waals surface area contributed by atoms with E-state index < -0.39 is 35.9 Å². The van der Waals surface area contributed by atoms with Gasteiger partial charge in [-0.2, -0.15) is 0 Å². The lowest BCUT2D eigenvalue weighted by Gasteiger charge is -2.22. The minimum absolute atomic E-state index is 0.0241. The topological polar surface area (TPSA) is 166 Å². The third-order valence-corrected chi connectivity index (χ3v) is 4.48. The first kappa shape index (κ1) is 19.3. The summed E-state index contributed by atoms with van der Waals surface area (Å²) < 4.78 is 14.4. The number of aromatic carboxylic acids is 1. The van der Waals surface area contributed by atoms with Crippen molar-refractivity contribution in [3.8, 4) is 0 Å². The predicted octanol–water partition coefficient (Wildman–Crippen LogP) is -0.373. The summed E-state index contributed by atoms with van der Waals surface area (Å²) in [6, 6.07) is 0. The van der Waals surface area contributed by atoms with Gasteiger partial charge in [-0.05, 0) is 5.56 Å². The van der Waals surface area contributed by atoms with E-state index in [0.29, 0.717) is 10.4 Å². The molecule has 0 saturated carbocycles. The second-order valence-corrected chi connectivity index (χ2v) is 6.10. The van der Waals surface area contributed by atoms with Gasteiger partial charge < -0.3 is 29.7 Å². The predicted molar refractivity (Wildman–Crippen MR) is 82.8 cm³/mol. The van der Waals surface area contributed by atoms with Crippen LogP contribution >= 0.6 is 11.3 Å². The Hall–Kier alpha value is -2.99. The summed E-state index contributed by atoms with van der Waals surface area (Å²) >= 11 is 0.888. The molecule has 0 aliphatic carbocycles. The molecule has 1 aromatic heterocycles. The van der Waals surface area contributed by atoms with Crippen molar-refractivity contribution in [2.24, 2.45) is 0 Å². The Kier molecular flexibility index (Phi) is 5.90. The summed E-state index contributed by atoms with van der Waals surface area (Å²) in [4.78, 5) is 56.2. The highest BCUT2D eigenvalue weighted by molar-refractivity contribution is 7.17. The van der Waals surface area contributed by atoms with Gasteiger partial charge in [0, 0.05) is 11.3 Å². The second-order valence-electron chi connectivity index (χ2n) is 5.00. The molecule has 1 atom stereocenters. The molecule has 1 unspecified atom stereocenters. The summed E-state index contributed by atoms with van der Waals surface area (Å²) in [5.74, 6) is -6.86. The molecule has 2 heterocycles. The number of carboxylic acids is 2. The number of rotatable bonds is 4. The van der Waals surface area contributed by atoms with E-state index in [-0.39, 0.29) is 30.2 Å². The molecule has 140 valence electrons. The van der Waals surface area contributed by atoms with Gasteiger partial charge in [-0.25, -0.2) is 19.2 Å². The maximum atomic E-state index is 11.5. The fraction of sp³-hybridized carbons (Fsp3) is 0.357. The van der Waals surface area contributed by atoms with Crippen molar-refractivity contribution in [3.05, 3.63) is 16.0 Å². The molecule has 3 N–H and O–H groups in total. The molecule has 0 aromatic carbocycles. The Morgan fingerprint density at radius 1 is 1.23 bits per heavy atom. The molecule has 1 aromatic rings. The fourth-order valence-electron chi connectivity index (χ4n) is 2.21. The summed E-state index contributed by atoms with van der Waals surface area (Å²) in [7, 11) is 1.02. The van der Waals surface area contributed by atoms with Crippen molar-refractivity contribution in [2.45, 2.75) is 19.1 Å². The number of nitrogens with one attached hydrogen (secondary N) is 1. The molecular formula is C14H13NO10S. The highest BCUT2D eigenvalue weighted by atomic mass is 32.1. The van der Waals surface area contributed by atoms with E-state index in [1.54, 1.807) is 0 Å². The van der Waals surface area contributed by atoms with Gasteiger partial charge in [-0.3, -0.25) is 4.79 Å². The van der Waals surface area contributed by atoms with Crippen LogP contribution in [0.2, 0.25) is 0 Å². The van der Waals surface area contributed by atoms with Crippen LogP contribution in [0.3, 0.4) is 0 Å². The molecule has 0 fully saturated rings. The number of amides is 1. The maximum Gasteiger partial charge on any atom is 0.417 e. The molecule has 2 rings (SSSR count). The quantitative estimate of drug-likeness (QED) is 0.458. The second kappa shape index (κ2) is 7.93. The van der Waals surface area contributed by atoms with Gasteiger partial charge in [0.2, 0.25) is 0 Å². The molecule has 26 heavy (non-hydrogen) atoms. The molecule has 1 amide bonds. The van der Waals surface area contributed by atoms with Crippen LogP contribution in [0.4, 0.5) is 5.00 Å². The summed E-state index contributed by atoms with van der Waals surface area (Å²) in [6.07, 6.45) is -0.683. The average Bonchev–Trinajstić information content (AvgIpc) is 2.95. The molecule has 0 bridgehead atoms. The van der Waals surface area contributed by atoms with Crippen molar-refractivity contribution in [1.82, 2.24) is 0 Å². The zero-order valence-electron chi connectivity index (χ0n) is 13.3. The Bertz CT molecular complexity index is 783. The largest absolute Gasteiger partial charge is 0.478 e. The summed E-state index contributed by atoms with van der Waals surface area (Å²) in [6.45, 7) is -0.331. The lowest BCUT2D eigenvalue weighted by molar-refractivity contribution is -0.168. The van der Waals surface area contributed by atoms with E-state index in [2.05, 4.69) is 4.74 Å². The highest BCUT2D eigenvalue weighted by Crippen LogP contribution is 2.37. The van der Waals surface area contributed by atoms with E-state index in [0.717, 1.165) is 18.4 Å². The van der Waals surface area contributed by atoms with Gasteiger partial charge in [0.05, 0.1) is 25.4 Å². The van der Waals surface area contributed by atoms with Crippen molar-refractivity contribution in [2.75, 3.05) is 19.0 Å². The van der Waals surface area contributed by atoms with Gasteiger partial charge in [0.1, 0.15) is 11.6 Å². The number of anilines is 1. The number of aliphatic carboxylic acids is 1. The number of fused-ring (bicyclic) bond motifs is 1. The van der Waals surface area contributed by atoms with Gasteiger partial charge in [-0.15, -0.1) is 11.3 Å². The number of ether oxygens (including phenoxy) is 3. The fourth-order valence-corrected chi connectivity index (χ4v) is 3.35. The lowest BCUT2D eigenvalue weighted by atomic mass is 10.0. The molecule has 0 radical (unpaired) electrons. The van der Waals surface area contributed by atoms with Crippen LogP contribution in [0.25, 0.3) is 0 Å². The first-order chi connectivity index (χ1) is 12.2. The van der Waals surface area contributed by atoms with Crippen molar-refractivity contribution < 1.29 is 48.4 Å². The first-order valence-corrected chi connectivity index (χ1v) is 7.85. The van der Waals surface area contributed by atoms with Gasteiger partial charge >= 0.3 is 29.8 Å². The first-order valence-electron chi connectivity index (χ1n) is 7.03. The zero-order chi connectivity index (χ0) is 19.4. The Balaban J connectivity index is 2.16. The van der Waals surface area contributed by atoms with Crippen molar-refractivity contribution in [1.29, 1.82) is 0 Å². The van der Waals surface area contributed by atoms with Crippen LogP contribution < -0.4 is 5.32 Å². The third-order valence-electron chi connectivity index (χ3n) is 3.36. The molecule has 1 aliphatic heterocycles. The Morgan fingerprint density at radius 2 is 1.92 bits per heavy atom. The molecule has 12 heteroatoms. The number of hydrogen-bond acceptors (Lipinski definition) is 9. The van der Waals surface area contributed by atoms with E-state index in [1.165, 1.54) is 0 Å². The van der Waals surface area contributed by atoms with E-state index in [9.17, 15) is 29.1 Å². The number of thiophene rings is 1. The molecule has 11 nitrogen and oxygen atoms in total. The SMILES string of the molecule is COC(=O)C(=O)OCC1Cc2c(sc(NC(=O)C(=O)O)c2C(=O)O)CO1. The van der Waals surface area contributed by atoms with Crippen LogP contribution in [-0.2, 0) is 46.4 Å².